The van der Waals surface area contributed by atoms with Gasteiger partial charge in [0, 0.05) is 0 Å². The van der Waals surface area contributed by atoms with E-state index in [1.807, 2.05) is 30.3 Å². The van der Waals surface area contributed by atoms with Crippen LogP contribution in [-0.2, 0) is 11.3 Å². The van der Waals surface area contributed by atoms with Crippen molar-refractivity contribution in [2.45, 2.75) is 32.0 Å². The van der Waals surface area contributed by atoms with Gasteiger partial charge in [-0.05, 0) is 12.0 Å². The topological polar surface area (TPSA) is 29.5 Å². The van der Waals surface area contributed by atoms with E-state index in [1.165, 1.54) is 0 Å². The van der Waals surface area contributed by atoms with E-state index in [-0.39, 0.29) is 6.61 Å². The smallest absolute Gasteiger partial charge is 0.279 e. The molecule has 1 aromatic carbocycles. The fourth-order valence-corrected chi connectivity index (χ4v) is 1.95. The number of halogens is 2. The number of ether oxygens (including phenoxy) is 1. The molecule has 0 amide bonds. The molecule has 4 heteroatoms. The van der Waals surface area contributed by atoms with E-state index in [0.717, 1.165) is 11.6 Å². The first-order valence-corrected chi connectivity index (χ1v) is 6.32. The predicted octanol–water partition coefficient (Wildman–Crippen LogP) is 3.41. The maximum atomic E-state index is 13.6. The Balaban J connectivity index is 2.69. The summed E-state index contributed by atoms with van der Waals surface area (Å²) in [5.41, 5.74) is 0.927. The van der Waals surface area contributed by atoms with Crippen molar-refractivity contribution in [3.63, 3.8) is 0 Å². The number of hydrogen-bond acceptors (Lipinski definition) is 2. The lowest BCUT2D eigenvalue weighted by Gasteiger charge is -2.29. The monoisotopic (exact) mass is 270 g/mol. The first kappa shape index (κ1) is 15.8. The molecule has 0 unspecified atom stereocenters. The molecule has 2 atom stereocenters. The Bertz CT molecular complexity index is 379. The Labute approximate surface area is 112 Å². The summed E-state index contributed by atoms with van der Waals surface area (Å²) in [5, 5.41) is 8.77. The summed E-state index contributed by atoms with van der Waals surface area (Å²) < 4.78 is 32.7. The third kappa shape index (κ3) is 4.40. The van der Waals surface area contributed by atoms with Gasteiger partial charge in [0.15, 0.2) is 0 Å². The number of aliphatic hydroxyl groups is 1. The average Bonchev–Trinajstić information content (AvgIpc) is 2.44. The molecule has 0 spiro atoms. The zero-order valence-corrected chi connectivity index (χ0v) is 11.1. The first-order valence-electron chi connectivity index (χ1n) is 6.32. The molecule has 0 saturated carbocycles. The number of hydrogen-bond donors (Lipinski definition) is 1. The average molecular weight is 270 g/mol. The first-order chi connectivity index (χ1) is 9.05. The van der Waals surface area contributed by atoms with Crippen molar-refractivity contribution in [3.05, 3.63) is 48.6 Å². The number of rotatable bonds is 8. The van der Waals surface area contributed by atoms with Gasteiger partial charge in [-0.25, -0.2) is 8.78 Å². The van der Waals surface area contributed by atoms with Crippen molar-refractivity contribution in [1.82, 2.24) is 0 Å². The van der Waals surface area contributed by atoms with Crippen molar-refractivity contribution < 1.29 is 18.6 Å². The molecular formula is C15H20F2O2. The van der Waals surface area contributed by atoms with E-state index in [2.05, 4.69) is 6.58 Å². The van der Waals surface area contributed by atoms with Gasteiger partial charge < -0.3 is 9.84 Å². The standard InChI is InChI=1S/C15H20F2O2/c1-3-13(15(16,17)11-18)14(4-2)19-10-12-8-6-5-7-9-12/h3,5-9,13-14,18H,1,4,10-11H2,2H3/t13-,14-/m0/s1. The van der Waals surface area contributed by atoms with Crippen molar-refractivity contribution in [1.29, 1.82) is 0 Å². The summed E-state index contributed by atoms with van der Waals surface area (Å²) >= 11 is 0. The quantitative estimate of drug-likeness (QED) is 0.733. The molecule has 1 N–H and O–H groups in total. The Kier molecular flexibility index (Phi) is 6.12. The van der Waals surface area contributed by atoms with Crippen LogP contribution in [0.5, 0.6) is 0 Å². The Morgan fingerprint density at radius 1 is 1.37 bits per heavy atom. The van der Waals surface area contributed by atoms with E-state index >= 15 is 0 Å². The second kappa shape index (κ2) is 7.36. The summed E-state index contributed by atoms with van der Waals surface area (Å²) in [6.07, 6.45) is 0.925. The Morgan fingerprint density at radius 3 is 2.47 bits per heavy atom. The van der Waals surface area contributed by atoms with Crippen LogP contribution < -0.4 is 0 Å². The van der Waals surface area contributed by atoms with E-state index in [4.69, 9.17) is 9.84 Å². The maximum Gasteiger partial charge on any atom is 0.279 e. The minimum Gasteiger partial charge on any atom is -0.390 e. The lowest BCUT2D eigenvalue weighted by atomic mass is 9.93. The number of benzene rings is 1. The summed E-state index contributed by atoms with van der Waals surface area (Å²) in [5.74, 6) is -4.40. The minimum atomic E-state index is -3.21. The summed E-state index contributed by atoms with van der Waals surface area (Å²) in [6, 6.07) is 9.37. The lowest BCUT2D eigenvalue weighted by molar-refractivity contribution is -0.132. The van der Waals surface area contributed by atoms with Crippen LogP contribution in [0.15, 0.2) is 43.0 Å². The Morgan fingerprint density at radius 2 is 2.00 bits per heavy atom. The van der Waals surface area contributed by atoms with Crippen LogP contribution in [0.1, 0.15) is 18.9 Å². The van der Waals surface area contributed by atoms with Gasteiger partial charge in [-0.3, -0.25) is 0 Å². The summed E-state index contributed by atoms with van der Waals surface area (Å²) in [4.78, 5) is 0. The van der Waals surface area contributed by atoms with E-state index in [9.17, 15) is 8.78 Å². The van der Waals surface area contributed by atoms with Gasteiger partial charge in [-0.15, -0.1) is 6.58 Å². The molecule has 0 aliphatic rings. The summed E-state index contributed by atoms with van der Waals surface area (Å²) in [6.45, 7) is 4.27. The van der Waals surface area contributed by atoms with Crippen molar-refractivity contribution in [3.8, 4) is 0 Å². The highest BCUT2D eigenvalue weighted by Gasteiger charge is 2.41. The van der Waals surface area contributed by atoms with E-state index < -0.39 is 24.6 Å². The van der Waals surface area contributed by atoms with Crippen LogP contribution >= 0.6 is 0 Å². The second-order valence-corrected chi connectivity index (χ2v) is 4.42. The largest absolute Gasteiger partial charge is 0.390 e. The molecule has 0 heterocycles. The highest BCUT2D eigenvalue weighted by molar-refractivity contribution is 5.13. The van der Waals surface area contributed by atoms with Crippen LogP contribution in [-0.4, -0.2) is 23.7 Å². The fourth-order valence-electron chi connectivity index (χ4n) is 1.95. The van der Waals surface area contributed by atoms with Gasteiger partial charge >= 0.3 is 0 Å². The highest BCUT2D eigenvalue weighted by atomic mass is 19.3. The Hall–Kier alpha value is -1.26. The van der Waals surface area contributed by atoms with Crippen LogP contribution in [0, 0.1) is 5.92 Å². The third-order valence-electron chi connectivity index (χ3n) is 3.06. The molecule has 0 bridgehead atoms. The zero-order chi connectivity index (χ0) is 14.3. The van der Waals surface area contributed by atoms with Crippen molar-refractivity contribution in [2.24, 2.45) is 5.92 Å². The molecular weight excluding hydrogens is 250 g/mol. The maximum absolute atomic E-state index is 13.6. The molecule has 0 aromatic heterocycles. The number of alkyl halides is 2. The molecule has 0 radical (unpaired) electrons. The molecule has 0 saturated heterocycles. The molecule has 106 valence electrons. The minimum absolute atomic E-state index is 0.269. The fraction of sp³-hybridized carbons (Fsp3) is 0.467. The molecule has 19 heavy (non-hydrogen) atoms. The zero-order valence-electron chi connectivity index (χ0n) is 11.1. The molecule has 0 aliphatic heterocycles. The van der Waals surface area contributed by atoms with Gasteiger partial charge in [-0.1, -0.05) is 43.3 Å². The van der Waals surface area contributed by atoms with Gasteiger partial charge in [0.05, 0.1) is 18.6 Å². The SMILES string of the molecule is C=C[C@@H]([C@H](CC)OCc1ccccc1)C(F)(F)CO. The van der Waals surface area contributed by atoms with Gasteiger partial charge in [0.2, 0.25) is 0 Å². The van der Waals surface area contributed by atoms with E-state index in [1.54, 1.807) is 6.92 Å². The molecule has 2 nitrogen and oxygen atoms in total. The third-order valence-corrected chi connectivity index (χ3v) is 3.06. The predicted molar refractivity (Wildman–Crippen MR) is 71.0 cm³/mol. The van der Waals surface area contributed by atoms with Crippen LogP contribution in [0.2, 0.25) is 0 Å². The second-order valence-electron chi connectivity index (χ2n) is 4.42. The summed E-state index contributed by atoms with van der Waals surface area (Å²) in [7, 11) is 0. The number of aliphatic hydroxyl groups excluding tert-OH is 1. The normalized spacial score (nSPS) is 14.9. The van der Waals surface area contributed by atoms with Crippen LogP contribution in [0.4, 0.5) is 8.78 Å². The highest BCUT2D eigenvalue weighted by Crippen LogP contribution is 2.31. The van der Waals surface area contributed by atoms with Gasteiger partial charge in [0.1, 0.15) is 6.61 Å². The molecule has 0 aliphatic carbocycles. The lowest BCUT2D eigenvalue weighted by Crippen LogP contribution is -2.39. The molecule has 1 aromatic rings. The van der Waals surface area contributed by atoms with Gasteiger partial charge in [0.25, 0.3) is 5.92 Å². The molecule has 0 fully saturated rings. The van der Waals surface area contributed by atoms with Crippen molar-refractivity contribution >= 4 is 0 Å². The van der Waals surface area contributed by atoms with Crippen LogP contribution in [0.3, 0.4) is 0 Å². The van der Waals surface area contributed by atoms with Gasteiger partial charge in [-0.2, -0.15) is 0 Å². The van der Waals surface area contributed by atoms with Crippen LogP contribution in [0.25, 0.3) is 0 Å². The van der Waals surface area contributed by atoms with Crippen molar-refractivity contribution in [2.75, 3.05) is 6.61 Å². The van der Waals surface area contributed by atoms with E-state index in [0.29, 0.717) is 6.42 Å². The molecule has 1 rings (SSSR count).